The van der Waals surface area contributed by atoms with Gasteiger partial charge in [0.05, 0.1) is 7.11 Å². The lowest BCUT2D eigenvalue weighted by Gasteiger charge is -2.04. The summed E-state index contributed by atoms with van der Waals surface area (Å²) in [5.41, 5.74) is 3.68. The molecule has 19 heavy (non-hydrogen) atoms. The van der Waals surface area contributed by atoms with Crippen molar-refractivity contribution in [1.82, 2.24) is 0 Å². The number of ether oxygens (including phenoxy) is 1. The summed E-state index contributed by atoms with van der Waals surface area (Å²) in [6, 6.07) is 13.2. The molecule has 2 rings (SSSR count). The average Bonchev–Trinajstić information content (AvgIpc) is 2.46. The average molecular weight is 253 g/mol. The van der Waals surface area contributed by atoms with Crippen molar-refractivity contribution >= 4 is 17.8 Å². The first-order valence-electron chi connectivity index (χ1n) is 5.99. The van der Waals surface area contributed by atoms with E-state index in [1.54, 1.807) is 19.2 Å². The zero-order chi connectivity index (χ0) is 13.7. The summed E-state index contributed by atoms with van der Waals surface area (Å²) in [6.45, 7) is 2.01. The molecule has 2 aromatic carbocycles. The number of benzene rings is 2. The van der Waals surface area contributed by atoms with E-state index in [0.29, 0.717) is 5.69 Å². The van der Waals surface area contributed by atoms with Gasteiger partial charge in [-0.25, -0.2) is 0 Å². The van der Waals surface area contributed by atoms with Crippen LogP contribution in [0.1, 0.15) is 16.7 Å². The molecule has 0 aliphatic heterocycles. The Morgan fingerprint density at radius 1 is 1.00 bits per heavy atom. The van der Waals surface area contributed by atoms with E-state index in [1.807, 2.05) is 43.3 Å². The van der Waals surface area contributed by atoms with E-state index in [0.717, 1.165) is 22.4 Å². The molecule has 0 radical (unpaired) electrons. The minimum absolute atomic E-state index is 0.442. The van der Waals surface area contributed by atoms with Gasteiger partial charge in [-0.1, -0.05) is 30.4 Å². The Kier molecular flexibility index (Phi) is 4.08. The molecule has 0 aliphatic carbocycles. The number of hydrogen-bond acceptors (Lipinski definition) is 3. The Balaban J connectivity index is 2.17. The van der Waals surface area contributed by atoms with Crippen LogP contribution in [0.3, 0.4) is 0 Å². The highest BCUT2D eigenvalue weighted by Crippen LogP contribution is 2.20. The molecule has 96 valence electrons. The number of nitroso groups, excluding NO2 is 1. The van der Waals surface area contributed by atoms with E-state index < -0.39 is 0 Å². The Bertz CT molecular complexity index is 601. The fourth-order valence-corrected chi connectivity index (χ4v) is 1.84. The normalized spacial score (nSPS) is 10.6. The van der Waals surface area contributed by atoms with Crippen molar-refractivity contribution in [2.24, 2.45) is 5.18 Å². The summed E-state index contributed by atoms with van der Waals surface area (Å²) in [7, 11) is 1.67. The lowest BCUT2D eigenvalue weighted by atomic mass is 10.1. The molecule has 0 heterocycles. The highest BCUT2D eigenvalue weighted by Gasteiger charge is 1.97. The van der Waals surface area contributed by atoms with Gasteiger partial charge >= 0.3 is 0 Å². The molecule has 0 N–H and O–H groups in total. The molecule has 2 aromatic rings. The summed E-state index contributed by atoms with van der Waals surface area (Å²) < 4.78 is 5.22. The van der Waals surface area contributed by atoms with Gasteiger partial charge in [0.2, 0.25) is 0 Å². The van der Waals surface area contributed by atoms with Crippen LogP contribution in [0.15, 0.2) is 47.6 Å². The first-order chi connectivity index (χ1) is 9.22. The van der Waals surface area contributed by atoms with Crippen LogP contribution in [0, 0.1) is 11.8 Å². The highest BCUT2D eigenvalue weighted by atomic mass is 16.5. The second kappa shape index (κ2) is 5.96. The van der Waals surface area contributed by atoms with Crippen LogP contribution in [0.5, 0.6) is 5.75 Å². The fourth-order valence-electron chi connectivity index (χ4n) is 1.84. The lowest BCUT2D eigenvalue weighted by molar-refractivity contribution is 0.411. The predicted molar refractivity (Wildman–Crippen MR) is 78.6 cm³/mol. The maximum Gasteiger partial charge on any atom is 0.121 e. The zero-order valence-corrected chi connectivity index (χ0v) is 11.0. The molecule has 3 heteroatoms. The number of rotatable bonds is 4. The highest BCUT2D eigenvalue weighted by molar-refractivity contribution is 5.70. The van der Waals surface area contributed by atoms with Crippen LogP contribution < -0.4 is 4.74 Å². The third-order valence-corrected chi connectivity index (χ3v) is 2.89. The van der Waals surface area contributed by atoms with Gasteiger partial charge < -0.3 is 4.74 Å². The summed E-state index contributed by atoms with van der Waals surface area (Å²) in [4.78, 5) is 10.3. The molecule has 0 aliphatic rings. The molecule has 0 saturated heterocycles. The van der Waals surface area contributed by atoms with Gasteiger partial charge in [0.15, 0.2) is 0 Å². The lowest BCUT2D eigenvalue weighted by Crippen LogP contribution is -1.86. The molecule has 0 fully saturated rings. The summed E-state index contributed by atoms with van der Waals surface area (Å²) in [5, 5.41) is 2.87. The van der Waals surface area contributed by atoms with E-state index >= 15 is 0 Å². The topological polar surface area (TPSA) is 38.7 Å². The van der Waals surface area contributed by atoms with Gasteiger partial charge in [0.25, 0.3) is 0 Å². The van der Waals surface area contributed by atoms with E-state index in [2.05, 4.69) is 11.2 Å². The second-order valence-electron chi connectivity index (χ2n) is 4.25. The van der Waals surface area contributed by atoms with Gasteiger partial charge in [0.1, 0.15) is 11.4 Å². The van der Waals surface area contributed by atoms with Crippen LogP contribution in [-0.4, -0.2) is 7.11 Å². The standard InChI is InChI=1S/C16H15NO2/c1-12-11-14(7-10-16(12)19-2)4-3-13-5-8-15(17-18)9-6-13/h3-11H,1-2H3/b4-3+. The summed E-state index contributed by atoms with van der Waals surface area (Å²) in [5.74, 6) is 0.888. The SMILES string of the molecule is COc1ccc(/C=C/c2ccc(N=O)cc2)cc1C. The van der Waals surface area contributed by atoms with Crippen LogP contribution in [-0.2, 0) is 0 Å². The molecule has 0 aromatic heterocycles. The van der Waals surface area contributed by atoms with Gasteiger partial charge in [-0.2, -0.15) is 0 Å². The van der Waals surface area contributed by atoms with E-state index in [-0.39, 0.29) is 0 Å². The van der Waals surface area contributed by atoms with Crippen molar-refractivity contribution in [3.8, 4) is 5.75 Å². The molecule has 0 spiro atoms. The number of methoxy groups -OCH3 is 1. The largest absolute Gasteiger partial charge is 0.496 e. The minimum atomic E-state index is 0.442. The van der Waals surface area contributed by atoms with Gasteiger partial charge in [-0.3, -0.25) is 0 Å². The van der Waals surface area contributed by atoms with Crippen LogP contribution in [0.4, 0.5) is 5.69 Å². The molecule has 0 saturated carbocycles. The molecule has 0 bridgehead atoms. The second-order valence-corrected chi connectivity index (χ2v) is 4.25. The Labute approximate surface area is 112 Å². The molecule has 0 unspecified atom stereocenters. The van der Waals surface area contributed by atoms with Crippen molar-refractivity contribution in [3.63, 3.8) is 0 Å². The molecule has 0 amide bonds. The maximum absolute atomic E-state index is 10.3. The minimum Gasteiger partial charge on any atom is -0.496 e. The smallest absolute Gasteiger partial charge is 0.121 e. The van der Waals surface area contributed by atoms with Crippen LogP contribution in [0.2, 0.25) is 0 Å². The monoisotopic (exact) mass is 253 g/mol. The number of nitrogens with zero attached hydrogens (tertiary/aromatic N) is 1. The maximum atomic E-state index is 10.3. The number of hydrogen-bond donors (Lipinski definition) is 0. The first kappa shape index (κ1) is 13.0. The van der Waals surface area contributed by atoms with E-state index in [1.165, 1.54) is 0 Å². The number of aryl methyl sites for hydroxylation is 1. The summed E-state index contributed by atoms with van der Waals surface area (Å²) >= 11 is 0. The van der Waals surface area contributed by atoms with E-state index in [4.69, 9.17) is 4.74 Å². The van der Waals surface area contributed by atoms with Crippen molar-refractivity contribution in [2.75, 3.05) is 7.11 Å². The molecular weight excluding hydrogens is 238 g/mol. The quantitative estimate of drug-likeness (QED) is 0.591. The van der Waals surface area contributed by atoms with Crippen LogP contribution in [0.25, 0.3) is 12.2 Å². The molecular formula is C16H15NO2. The Hall–Kier alpha value is -2.42. The third-order valence-electron chi connectivity index (χ3n) is 2.89. The first-order valence-corrected chi connectivity index (χ1v) is 5.99. The summed E-state index contributed by atoms with van der Waals surface area (Å²) in [6.07, 6.45) is 4.02. The van der Waals surface area contributed by atoms with Crippen LogP contribution >= 0.6 is 0 Å². The van der Waals surface area contributed by atoms with Gasteiger partial charge in [-0.05, 0) is 53.1 Å². The molecule has 3 nitrogen and oxygen atoms in total. The van der Waals surface area contributed by atoms with Crippen molar-refractivity contribution in [1.29, 1.82) is 0 Å². The Morgan fingerprint density at radius 2 is 1.63 bits per heavy atom. The van der Waals surface area contributed by atoms with E-state index in [9.17, 15) is 4.91 Å². The fraction of sp³-hybridized carbons (Fsp3) is 0.125. The van der Waals surface area contributed by atoms with Gasteiger partial charge in [-0.15, -0.1) is 4.91 Å². The van der Waals surface area contributed by atoms with Crippen molar-refractivity contribution in [3.05, 3.63) is 64.1 Å². The van der Waals surface area contributed by atoms with Crippen molar-refractivity contribution in [2.45, 2.75) is 6.92 Å². The van der Waals surface area contributed by atoms with Crippen molar-refractivity contribution < 1.29 is 4.74 Å². The van der Waals surface area contributed by atoms with Gasteiger partial charge in [0, 0.05) is 0 Å². The molecule has 0 atom stereocenters. The third kappa shape index (κ3) is 3.28. The predicted octanol–water partition coefficient (Wildman–Crippen LogP) is 4.57. The zero-order valence-electron chi connectivity index (χ0n) is 11.0. The Morgan fingerprint density at radius 3 is 2.21 bits per heavy atom.